The minimum absolute atomic E-state index is 0.0704. The quantitative estimate of drug-likeness (QED) is 0.585. The largest absolute Gasteiger partial charge is 0.489 e. The lowest BCUT2D eigenvalue weighted by molar-refractivity contribution is -0.113. The van der Waals surface area contributed by atoms with Gasteiger partial charge in [-0.05, 0) is 42.7 Å². The topological polar surface area (TPSA) is 69.0 Å². The number of nitrogens with zero attached hydrogens (tertiary/aromatic N) is 3. The molecule has 3 aromatic rings. The van der Waals surface area contributed by atoms with E-state index < -0.39 is 0 Å². The van der Waals surface area contributed by atoms with Crippen LogP contribution in [0.5, 0.6) is 5.75 Å². The number of rotatable bonds is 8. The summed E-state index contributed by atoms with van der Waals surface area (Å²) in [6.07, 6.45) is 2.37. The fourth-order valence-corrected chi connectivity index (χ4v) is 3.57. The van der Waals surface area contributed by atoms with Gasteiger partial charge in [0.2, 0.25) is 5.91 Å². The van der Waals surface area contributed by atoms with E-state index in [-0.39, 0.29) is 5.91 Å². The SMILES string of the molecule is Cn1c(SCC(=O)Nc2ccc(OCc3ccccc3)cc2)nnc1C1CC1. The first-order valence-electron chi connectivity index (χ1n) is 9.28. The van der Waals surface area contributed by atoms with Crippen molar-refractivity contribution < 1.29 is 9.53 Å². The Labute approximate surface area is 168 Å². The maximum Gasteiger partial charge on any atom is 0.234 e. The van der Waals surface area contributed by atoms with Crippen molar-refractivity contribution in [2.45, 2.75) is 30.5 Å². The van der Waals surface area contributed by atoms with Crippen molar-refractivity contribution >= 4 is 23.4 Å². The Morgan fingerprint density at radius 2 is 1.89 bits per heavy atom. The van der Waals surface area contributed by atoms with Crippen molar-refractivity contribution in [1.82, 2.24) is 14.8 Å². The first-order chi connectivity index (χ1) is 13.7. The van der Waals surface area contributed by atoms with E-state index in [9.17, 15) is 4.79 Å². The average molecular weight is 395 g/mol. The Morgan fingerprint density at radius 3 is 2.61 bits per heavy atom. The number of carbonyl (C=O) groups is 1. The number of hydrogen-bond acceptors (Lipinski definition) is 5. The Balaban J connectivity index is 1.25. The average Bonchev–Trinajstić information content (AvgIpc) is 3.49. The van der Waals surface area contributed by atoms with Crippen LogP contribution < -0.4 is 10.1 Å². The van der Waals surface area contributed by atoms with Crippen LogP contribution in [0.25, 0.3) is 0 Å². The number of carbonyl (C=O) groups excluding carboxylic acids is 1. The summed E-state index contributed by atoms with van der Waals surface area (Å²) in [6, 6.07) is 17.4. The van der Waals surface area contributed by atoms with Crippen molar-refractivity contribution in [3.63, 3.8) is 0 Å². The summed E-state index contributed by atoms with van der Waals surface area (Å²) >= 11 is 1.40. The van der Waals surface area contributed by atoms with Gasteiger partial charge in [0, 0.05) is 18.7 Å². The fraction of sp³-hybridized carbons (Fsp3) is 0.286. The first-order valence-corrected chi connectivity index (χ1v) is 10.3. The van der Waals surface area contributed by atoms with Gasteiger partial charge in [-0.1, -0.05) is 42.1 Å². The molecule has 4 rings (SSSR count). The maximum absolute atomic E-state index is 12.2. The molecule has 1 aliphatic rings. The normalized spacial score (nSPS) is 13.3. The summed E-state index contributed by atoms with van der Waals surface area (Å²) in [4.78, 5) is 12.2. The first kappa shape index (κ1) is 18.6. The molecule has 28 heavy (non-hydrogen) atoms. The van der Waals surface area contributed by atoms with Crippen molar-refractivity contribution in [1.29, 1.82) is 0 Å². The zero-order valence-electron chi connectivity index (χ0n) is 15.7. The molecule has 0 bridgehead atoms. The van der Waals surface area contributed by atoms with Crippen molar-refractivity contribution in [3.05, 3.63) is 66.0 Å². The minimum atomic E-state index is -0.0704. The molecule has 7 heteroatoms. The Hall–Kier alpha value is -2.80. The molecule has 2 aromatic carbocycles. The Morgan fingerprint density at radius 1 is 1.14 bits per heavy atom. The minimum Gasteiger partial charge on any atom is -0.489 e. The molecule has 0 unspecified atom stereocenters. The number of thioether (sulfide) groups is 1. The highest BCUT2D eigenvalue weighted by molar-refractivity contribution is 7.99. The highest BCUT2D eigenvalue weighted by Crippen LogP contribution is 2.39. The lowest BCUT2D eigenvalue weighted by atomic mass is 10.2. The predicted molar refractivity (Wildman–Crippen MR) is 110 cm³/mol. The molecular weight excluding hydrogens is 372 g/mol. The molecule has 1 saturated carbocycles. The lowest BCUT2D eigenvalue weighted by Gasteiger charge is -2.08. The van der Waals surface area contributed by atoms with E-state index in [1.54, 1.807) is 0 Å². The van der Waals surface area contributed by atoms with Gasteiger partial charge in [0.15, 0.2) is 5.16 Å². The second-order valence-corrected chi connectivity index (χ2v) is 7.75. The summed E-state index contributed by atoms with van der Waals surface area (Å²) in [5, 5.41) is 12.1. The van der Waals surface area contributed by atoms with E-state index in [2.05, 4.69) is 15.5 Å². The van der Waals surface area contributed by atoms with Crippen LogP contribution in [-0.4, -0.2) is 26.4 Å². The number of ether oxygens (including phenoxy) is 1. The third-order valence-corrected chi connectivity index (χ3v) is 5.55. The van der Waals surface area contributed by atoms with Gasteiger partial charge in [-0.15, -0.1) is 10.2 Å². The summed E-state index contributed by atoms with van der Waals surface area (Å²) < 4.78 is 7.76. The summed E-state index contributed by atoms with van der Waals surface area (Å²) in [5.41, 5.74) is 1.86. The standard InChI is InChI=1S/C21H22N4O2S/c1-25-20(16-7-8-16)23-24-21(25)28-14-19(26)22-17-9-11-18(12-10-17)27-13-15-5-3-2-4-6-15/h2-6,9-12,16H,7-8,13-14H2,1H3,(H,22,26). The molecule has 1 aromatic heterocycles. The second-order valence-electron chi connectivity index (χ2n) is 6.81. The molecule has 1 fully saturated rings. The molecule has 0 atom stereocenters. The van der Waals surface area contributed by atoms with E-state index in [0.29, 0.717) is 18.3 Å². The van der Waals surface area contributed by atoms with E-state index in [1.165, 1.54) is 24.6 Å². The Kier molecular flexibility index (Phi) is 5.62. The van der Waals surface area contributed by atoms with E-state index in [0.717, 1.165) is 28.0 Å². The molecule has 1 N–H and O–H groups in total. The molecule has 0 saturated heterocycles. The van der Waals surface area contributed by atoms with Crippen LogP contribution in [0.1, 0.15) is 30.1 Å². The fourth-order valence-electron chi connectivity index (χ4n) is 2.85. The van der Waals surface area contributed by atoms with E-state index in [4.69, 9.17) is 4.74 Å². The summed E-state index contributed by atoms with van der Waals surface area (Å²) in [6.45, 7) is 0.518. The van der Waals surface area contributed by atoms with Crippen molar-refractivity contribution in [2.75, 3.05) is 11.1 Å². The molecule has 144 valence electrons. The van der Waals surface area contributed by atoms with Crippen molar-refractivity contribution in [2.24, 2.45) is 7.05 Å². The second kappa shape index (κ2) is 8.48. The summed E-state index contributed by atoms with van der Waals surface area (Å²) in [7, 11) is 1.96. The predicted octanol–water partition coefficient (Wildman–Crippen LogP) is 4.00. The van der Waals surface area contributed by atoms with Crippen LogP contribution in [0.3, 0.4) is 0 Å². The van der Waals surface area contributed by atoms with Crippen LogP contribution in [0.2, 0.25) is 0 Å². The zero-order valence-corrected chi connectivity index (χ0v) is 16.5. The molecule has 0 radical (unpaired) electrons. The van der Waals surface area contributed by atoms with E-state index in [1.807, 2.05) is 66.2 Å². The number of anilines is 1. The van der Waals surface area contributed by atoms with Crippen LogP contribution in [-0.2, 0) is 18.4 Å². The number of nitrogens with one attached hydrogen (secondary N) is 1. The highest BCUT2D eigenvalue weighted by atomic mass is 32.2. The number of aromatic nitrogens is 3. The molecule has 1 aliphatic carbocycles. The van der Waals surface area contributed by atoms with Gasteiger partial charge >= 0.3 is 0 Å². The van der Waals surface area contributed by atoms with Crippen LogP contribution in [0, 0.1) is 0 Å². The van der Waals surface area contributed by atoms with E-state index >= 15 is 0 Å². The highest BCUT2D eigenvalue weighted by Gasteiger charge is 2.29. The molecule has 6 nitrogen and oxygen atoms in total. The smallest absolute Gasteiger partial charge is 0.234 e. The van der Waals surface area contributed by atoms with Crippen molar-refractivity contribution in [3.8, 4) is 5.75 Å². The van der Waals surface area contributed by atoms with Crippen LogP contribution >= 0.6 is 11.8 Å². The molecule has 1 heterocycles. The van der Waals surface area contributed by atoms with Gasteiger partial charge in [-0.3, -0.25) is 4.79 Å². The third kappa shape index (κ3) is 4.72. The number of hydrogen-bond donors (Lipinski definition) is 1. The number of benzene rings is 2. The van der Waals surface area contributed by atoms with Gasteiger partial charge in [-0.25, -0.2) is 0 Å². The lowest BCUT2D eigenvalue weighted by Crippen LogP contribution is -2.14. The maximum atomic E-state index is 12.2. The molecule has 1 amide bonds. The van der Waals surface area contributed by atoms with Gasteiger partial charge in [0.25, 0.3) is 0 Å². The molecular formula is C21H22N4O2S. The Bertz CT molecular complexity index is 937. The third-order valence-electron chi connectivity index (χ3n) is 4.53. The van der Waals surface area contributed by atoms with Gasteiger partial charge < -0.3 is 14.6 Å². The molecule has 0 aliphatic heterocycles. The molecule has 0 spiro atoms. The van der Waals surface area contributed by atoms with Gasteiger partial charge in [0.05, 0.1) is 5.75 Å². The van der Waals surface area contributed by atoms with Gasteiger partial charge in [0.1, 0.15) is 18.2 Å². The van der Waals surface area contributed by atoms with Crippen LogP contribution in [0.15, 0.2) is 59.8 Å². The zero-order chi connectivity index (χ0) is 19.3. The summed E-state index contributed by atoms with van der Waals surface area (Å²) in [5.74, 6) is 2.56. The van der Waals surface area contributed by atoms with Crippen LogP contribution in [0.4, 0.5) is 5.69 Å². The van der Waals surface area contributed by atoms with Gasteiger partial charge in [-0.2, -0.15) is 0 Å². The monoisotopic (exact) mass is 394 g/mol. The number of amides is 1.